The average molecular weight is 471 g/mol. The highest BCUT2D eigenvalue weighted by Gasteiger charge is 2.71. The first-order valence-electron chi connectivity index (χ1n) is 10.9. The largest absolute Gasteiger partial charge is 0.466 e. The zero-order valence-corrected chi connectivity index (χ0v) is 19.6. The minimum Gasteiger partial charge on any atom is -0.466 e. The van der Waals surface area contributed by atoms with E-state index in [1.165, 1.54) is 7.11 Å². The maximum atomic E-state index is 13.7. The van der Waals surface area contributed by atoms with Crippen LogP contribution in [0.25, 0.3) is 0 Å². The van der Waals surface area contributed by atoms with Crippen LogP contribution in [0.3, 0.4) is 0 Å². The van der Waals surface area contributed by atoms with E-state index in [2.05, 4.69) is 6.92 Å². The van der Waals surface area contributed by atoms with Crippen molar-refractivity contribution >= 4 is 46.7 Å². The van der Waals surface area contributed by atoms with Crippen LogP contribution in [0.15, 0.2) is 11.6 Å². The van der Waals surface area contributed by atoms with Gasteiger partial charge in [-0.3, -0.25) is 9.59 Å². The van der Waals surface area contributed by atoms with Crippen LogP contribution in [0.4, 0.5) is 0 Å². The Morgan fingerprint density at radius 1 is 1.13 bits per heavy atom. The first-order valence-corrected chi connectivity index (χ1v) is 11.7. The number of esters is 2. The van der Waals surface area contributed by atoms with Crippen LogP contribution in [-0.2, 0) is 28.7 Å². The molecule has 0 amide bonds. The van der Waals surface area contributed by atoms with Gasteiger partial charge in [0.05, 0.1) is 7.11 Å². The van der Waals surface area contributed by atoms with Gasteiger partial charge in [-0.05, 0) is 55.4 Å². The monoisotopic (exact) mass is 470 g/mol. The Balaban J connectivity index is 1.75. The molecule has 0 heterocycles. The molecule has 0 saturated heterocycles. The Bertz CT molecular complexity index is 881. The number of halogens is 2. The number of rotatable bonds is 3. The molecule has 0 radical (unpaired) electrons. The number of methoxy groups -OCH3 is 1. The third-order valence-electron chi connectivity index (χ3n) is 8.74. The minimum absolute atomic E-state index is 0.00204. The van der Waals surface area contributed by atoms with Gasteiger partial charge in [-0.25, -0.2) is 9.59 Å². The summed E-state index contributed by atoms with van der Waals surface area (Å²) in [6.45, 7) is 3.97. The number of allylic oxidation sites excluding steroid dienone is 1. The maximum Gasteiger partial charge on any atom is 0.350 e. The highest BCUT2D eigenvalue weighted by atomic mass is 35.5. The van der Waals surface area contributed by atoms with Crippen molar-refractivity contribution < 1.29 is 28.7 Å². The molecular weight excluding hydrogens is 443 g/mol. The van der Waals surface area contributed by atoms with Crippen LogP contribution < -0.4 is 0 Å². The first-order chi connectivity index (χ1) is 14.5. The van der Waals surface area contributed by atoms with E-state index in [-0.39, 0.29) is 47.6 Å². The lowest BCUT2D eigenvalue weighted by molar-refractivity contribution is -0.202. The molecule has 0 bridgehead atoms. The third-order valence-corrected chi connectivity index (χ3v) is 9.10. The fraction of sp³-hybridized carbons (Fsp3) is 0.739. The molecule has 0 aromatic carbocycles. The Morgan fingerprint density at radius 3 is 2.48 bits per heavy atom. The minimum atomic E-state index is -1.59. The summed E-state index contributed by atoms with van der Waals surface area (Å²) in [4.78, 5) is 49.6. The van der Waals surface area contributed by atoms with Crippen LogP contribution in [0.2, 0.25) is 0 Å². The smallest absolute Gasteiger partial charge is 0.350 e. The molecule has 4 aliphatic rings. The van der Waals surface area contributed by atoms with Crippen LogP contribution in [0, 0.1) is 28.6 Å². The molecule has 31 heavy (non-hydrogen) atoms. The van der Waals surface area contributed by atoms with E-state index in [9.17, 15) is 19.2 Å². The summed E-state index contributed by atoms with van der Waals surface area (Å²) in [6, 6.07) is 0. The molecule has 0 aromatic heterocycles. The third kappa shape index (κ3) is 3.12. The first kappa shape index (κ1) is 22.8. The summed E-state index contributed by atoms with van der Waals surface area (Å²) in [5, 5.41) is 0. The lowest BCUT2D eigenvalue weighted by atomic mass is 9.46. The topological polar surface area (TPSA) is 86.7 Å². The normalized spacial score (nSPS) is 41.7. The highest BCUT2D eigenvalue weighted by molar-refractivity contribution is 6.53. The molecule has 170 valence electrons. The van der Waals surface area contributed by atoms with E-state index in [4.69, 9.17) is 32.7 Å². The number of carbonyl (C=O) groups excluding carboxylic acids is 4. The summed E-state index contributed by atoms with van der Waals surface area (Å²) in [5.41, 5.74) is -1.75. The average Bonchev–Trinajstić information content (AvgIpc) is 3.00. The summed E-state index contributed by atoms with van der Waals surface area (Å²) in [5.74, 6) is -1.53. The van der Waals surface area contributed by atoms with Crippen molar-refractivity contribution in [3.05, 3.63) is 11.6 Å². The number of fused-ring (bicyclic) bond motifs is 5. The lowest BCUT2D eigenvalue weighted by Crippen LogP contribution is -2.62. The molecule has 3 saturated carbocycles. The number of ketones is 2. The zero-order chi connectivity index (χ0) is 22.8. The lowest BCUT2D eigenvalue weighted by Gasteiger charge is -2.57. The molecule has 1 unspecified atom stereocenters. The number of hydrogen-bond donors (Lipinski definition) is 0. The molecule has 0 aromatic rings. The van der Waals surface area contributed by atoms with E-state index in [0.29, 0.717) is 19.3 Å². The highest BCUT2D eigenvalue weighted by Crippen LogP contribution is 2.67. The molecule has 8 heteroatoms. The second-order valence-corrected chi connectivity index (χ2v) is 11.1. The van der Waals surface area contributed by atoms with Crippen LogP contribution in [0.1, 0.15) is 58.8 Å². The van der Waals surface area contributed by atoms with Gasteiger partial charge in [0.1, 0.15) is 5.78 Å². The summed E-state index contributed by atoms with van der Waals surface area (Å²) >= 11 is 11.4. The van der Waals surface area contributed by atoms with Crippen molar-refractivity contribution in [2.24, 2.45) is 28.6 Å². The van der Waals surface area contributed by atoms with E-state index in [1.54, 1.807) is 6.08 Å². The van der Waals surface area contributed by atoms with Crippen molar-refractivity contribution in [1.82, 2.24) is 0 Å². The Kier molecular flexibility index (Phi) is 5.57. The molecule has 0 aliphatic heterocycles. The fourth-order valence-corrected chi connectivity index (χ4v) is 7.39. The van der Waals surface area contributed by atoms with Gasteiger partial charge in [-0.1, -0.05) is 42.6 Å². The van der Waals surface area contributed by atoms with Gasteiger partial charge >= 0.3 is 11.9 Å². The molecule has 6 atom stereocenters. The summed E-state index contributed by atoms with van der Waals surface area (Å²) < 4.78 is 10.7. The van der Waals surface area contributed by atoms with Gasteiger partial charge in [0.15, 0.2) is 5.78 Å². The van der Waals surface area contributed by atoms with Gasteiger partial charge in [0.25, 0.3) is 0 Å². The van der Waals surface area contributed by atoms with Crippen molar-refractivity contribution in [2.75, 3.05) is 7.11 Å². The molecular formula is C23H28Cl2O6. The zero-order valence-electron chi connectivity index (χ0n) is 18.0. The Labute approximate surface area is 192 Å². The maximum absolute atomic E-state index is 13.7. The molecule has 0 N–H and O–H groups in total. The van der Waals surface area contributed by atoms with Crippen molar-refractivity contribution in [1.29, 1.82) is 0 Å². The number of carbonyl (C=O) groups is 4. The fourth-order valence-electron chi connectivity index (χ4n) is 7.30. The number of alkyl halides is 2. The Morgan fingerprint density at radius 2 is 1.84 bits per heavy atom. The van der Waals surface area contributed by atoms with E-state index in [0.717, 1.165) is 18.4 Å². The van der Waals surface area contributed by atoms with Crippen molar-refractivity contribution in [2.45, 2.75) is 69.2 Å². The van der Waals surface area contributed by atoms with E-state index >= 15 is 0 Å². The number of Topliss-reactive ketones (excluding diaryl/α,β-unsaturated/α-hetero) is 1. The number of hydrogen-bond acceptors (Lipinski definition) is 6. The van der Waals surface area contributed by atoms with Crippen molar-refractivity contribution in [3.63, 3.8) is 0 Å². The molecule has 4 aliphatic carbocycles. The SMILES string of the molecule is COC(=O)C1(OC(=O)C(Cl)Cl)CC[C@H]2[C@@H]3CCC4=CC(=O)CC[C@]4(C)[C@@H]3C(=O)C[C@@]21C. The van der Waals surface area contributed by atoms with Gasteiger partial charge in [-0.2, -0.15) is 0 Å². The second-order valence-electron chi connectivity index (χ2n) is 9.98. The molecule has 6 nitrogen and oxygen atoms in total. The molecule has 0 spiro atoms. The van der Waals surface area contributed by atoms with Crippen molar-refractivity contribution in [3.8, 4) is 0 Å². The quantitative estimate of drug-likeness (QED) is 0.458. The van der Waals surface area contributed by atoms with Gasteiger partial charge < -0.3 is 9.47 Å². The number of ether oxygens (including phenoxy) is 2. The van der Waals surface area contributed by atoms with Crippen LogP contribution >= 0.6 is 23.2 Å². The summed E-state index contributed by atoms with van der Waals surface area (Å²) in [6.07, 6.45) is 5.41. The van der Waals surface area contributed by atoms with Gasteiger partial charge in [0, 0.05) is 24.2 Å². The van der Waals surface area contributed by atoms with E-state index in [1.807, 2.05) is 6.92 Å². The summed E-state index contributed by atoms with van der Waals surface area (Å²) in [7, 11) is 1.25. The standard InChI is InChI=1S/C23H28Cl2O6/c1-21-8-6-13(26)10-12(21)4-5-14-15-7-9-23(20(29)30-3,31-19(28)18(24)25)22(15,2)11-16(27)17(14)21/h10,14-15,17-18H,4-9,11H2,1-3H3/t14-,15-,17-,21-,22-,23?/m0/s1. The van der Waals surface area contributed by atoms with Crippen LogP contribution in [0.5, 0.6) is 0 Å². The second kappa shape index (κ2) is 7.58. The van der Waals surface area contributed by atoms with E-state index < -0.39 is 27.8 Å². The molecule has 3 fully saturated rings. The molecule has 4 rings (SSSR count). The predicted molar refractivity (Wildman–Crippen MR) is 113 cm³/mol. The predicted octanol–water partition coefficient (Wildman–Crippen LogP) is 3.96. The van der Waals surface area contributed by atoms with Gasteiger partial charge in [-0.15, -0.1) is 0 Å². The Hall–Kier alpha value is -1.40. The van der Waals surface area contributed by atoms with Gasteiger partial charge in [0.2, 0.25) is 10.4 Å². The van der Waals surface area contributed by atoms with Crippen LogP contribution in [-0.4, -0.2) is 41.1 Å².